The molecule has 0 atom stereocenters. The van der Waals surface area contributed by atoms with E-state index in [1.54, 1.807) is 6.08 Å². The zero-order valence-corrected chi connectivity index (χ0v) is 15.6. The fraction of sp³-hybridized carbons (Fsp3) is 0.304. The highest BCUT2D eigenvalue weighted by atomic mass is 16.6. The maximum atomic E-state index is 12.5. The number of amides is 1. The molecular weight excluding hydrogens is 354 g/mol. The first-order chi connectivity index (χ1) is 13.6. The van der Waals surface area contributed by atoms with Gasteiger partial charge in [0.25, 0.3) is 0 Å². The second-order valence-electron chi connectivity index (χ2n) is 7.57. The van der Waals surface area contributed by atoms with E-state index in [1.807, 2.05) is 24.3 Å². The first kappa shape index (κ1) is 18.3. The van der Waals surface area contributed by atoms with Crippen molar-refractivity contribution in [3.8, 4) is 11.1 Å². The summed E-state index contributed by atoms with van der Waals surface area (Å²) in [5.74, 6) is -0.861. The van der Waals surface area contributed by atoms with Crippen LogP contribution in [0.1, 0.15) is 29.9 Å². The minimum atomic E-state index is -0.875. The summed E-state index contributed by atoms with van der Waals surface area (Å²) in [5.41, 5.74) is 3.80. The van der Waals surface area contributed by atoms with Crippen LogP contribution in [0.25, 0.3) is 11.1 Å². The molecule has 28 heavy (non-hydrogen) atoms. The summed E-state index contributed by atoms with van der Waals surface area (Å²) < 4.78 is 5.60. The van der Waals surface area contributed by atoms with E-state index in [-0.39, 0.29) is 25.6 Å². The van der Waals surface area contributed by atoms with Crippen molar-refractivity contribution in [3.63, 3.8) is 0 Å². The Bertz CT molecular complexity index is 884. The van der Waals surface area contributed by atoms with Crippen molar-refractivity contribution in [1.82, 2.24) is 4.90 Å². The molecule has 1 saturated heterocycles. The zero-order valence-electron chi connectivity index (χ0n) is 15.6. The maximum Gasteiger partial charge on any atom is 0.409 e. The number of hydrogen-bond acceptors (Lipinski definition) is 3. The SMILES string of the molecule is C=CCCC1(C(=O)O)CN(C(=O)OCC2c3ccccc3-c3ccccc32)C1. The summed E-state index contributed by atoms with van der Waals surface area (Å²) >= 11 is 0. The van der Waals surface area contributed by atoms with Crippen molar-refractivity contribution in [2.24, 2.45) is 5.41 Å². The Morgan fingerprint density at radius 3 is 2.21 bits per heavy atom. The third-order valence-corrected chi connectivity index (χ3v) is 5.86. The first-order valence-corrected chi connectivity index (χ1v) is 9.50. The van der Waals surface area contributed by atoms with Gasteiger partial charge in [0, 0.05) is 19.0 Å². The van der Waals surface area contributed by atoms with Crippen molar-refractivity contribution >= 4 is 12.1 Å². The largest absolute Gasteiger partial charge is 0.481 e. The Morgan fingerprint density at radius 1 is 1.11 bits per heavy atom. The molecule has 0 unspecified atom stereocenters. The van der Waals surface area contributed by atoms with Gasteiger partial charge in [0.2, 0.25) is 0 Å². The number of carboxylic acid groups (broad SMARTS) is 1. The van der Waals surface area contributed by atoms with Gasteiger partial charge in [0.1, 0.15) is 12.0 Å². The Balaban J connectivity index is 1.42. The molecular formula is C23H23NO4. The van der Waals surface area contributed by atoms with E-state index >= 15 is 0 Å². The van der Waals surface area contributed by atoms with Crippen LogP contribution in [0.3, 0.4) is 0 Å². The lowest BCUT2D eigenvalue weighted by atomic mass is 9.76. The van der Waals surface area contributed by atoms with Gasteiger partial charge in [-0.3, -0.25) is 4.79 Å². The van der Waals surface area contributed by atoms with Crippen molar-refractivity contribution in [3.05, 3.63) is 72.3 Å². The molecule has 0 spiro atoms. The zero-order chi connectivity index (χ0) is 19.7. The van der Waals surface area contributed by atoms with Crippen LogP contribution in [0.5, 0.6) is 0 Å². The van der Waals surface area contributed by atoms with Crippen LogP contribution in [0.2, 0.25) is 0 Å². The fourth-order valence-electron chi connectivity index (χ4n) is 4.28. The summed E-state index contributed by atoms with van der Waals surface area (Å²) in [7, 11) is 0. The average Bonchev–Trinajstić information content (AvgIpc) is 2.99. The monoisotopic (exact) mass is 377 g/mol. The molecule has 2 aliphatic rings. The normalized spacial score (nSPS) is 16.6. The molecule has 0 saturated carbocycles. The van der Waals surface area contributed by atoms with Gasteiger partial charge in [0.05, 0.1) is 0 Å². The second kappa shape index (κ2) is 7.15. The number of carboxylic acids is 1. The Morgan fingerprint density at radius 2 is 1.68 bits per heavy atom. The number of carbonyl (C=O) groups excluding carboxylic acids is 1. The van der Waals surface area contributed by atoms with Crippen molar-refractivity contribution in [2.45, 2.75) is 18.8 Å². The summed E-state index contributed by atoms with van der Waals surface area (Å²) in [5, 5.41) is 9.52. The molecule has 0 bridgehead atoms. The molecule has 144 valence electrons. The van der Waals surface area contributed by atoms with Crippen LogP contribution in [-0.2, 0) is 9.53 Å². The van der Waals surface area contributed by atoms with E-state index in [0.717, 1.165) is 11.1 Å². The van der Waals surface area contributed by atoms with E-state index in [4.69, 9.17) is 4.74 Å². The molecule has 1 N–H and O–H groups in total. The van der Waals surface area contributed by atoms with Crippen LogP contribution in [-0.4, -0.2) is 41.8 Å². The smallest absolute Gasteiger partial charge is 0.409 e. The lowest BCUT2D eigenvalue weighted by Crippen LogP contribution is -2.62. The van der Waals surface area contributed by atoms with Crippen molar-refractivity contribution in [1.29, 1.82) is 0 Å². The van der Waals surface area contributed by atoms with Crippen molar-refractivity contribution < 1.29 is 19.4 Å². The van der Waals surface area contributed by atoms with Crippen LogP contribution < -0.4 is 0 Å². The minimum absolute atomic E-state index is 0.00243. The molecule has 1 heterocycles. The number of allylic oxidation sites excluding steroid dienone is 1. The number of benzene rings is 2. The van der Waals surface area contributed by atoms with E-state index in [9.17, 15) is 14.7 Å². The average molecular weight is 377 g/mol. The van der Waals surface area contributed by atoms with E-state index in [0.29, 0.717) is 12.8 Å². The third kappa shape index (κ3) is 2.97. The topological polar surface area (TPSA) is 66.8 Å². The summed E-state index contributed by atoms with van der Waals surface area (Å²) in [6.07, 6.45) is 2.36. The van der Waals surface area contributed by atoms with Gasteiger partial charge in [-0.2, -0.15) is 0 Å². The molecule has 2 aromatic carbocycles. The predicted octanol–water partition coefficient (Wildman–Crippen LogP) is 4.29. The molecule has 0 aromatic heterocycles. The maximum absolute atomic E-state index is 12.5. The third-order valence-electron chi connectivity index (χ3n) is 5.86. The minimum Gasteiger partial charge on any atom is -0.481 e. The molecule has 5 nitrogen and oxygen atoms in total. The molecule has 5 heteroatoms. The van der Waals surface area contributed by atoms with Gasteiger partial charge < -0.3 is 14.7 Å². The lowest BCUT2D eigenvalue weighted by Gasteiger charge is -2.46. The van der Waals surface area contributed by atoms with Crippen LogP contribution in [0.4, 0.5) is 4.79 Å². The van der Waals surface area contributed by atoms with Crippen LogP contribution in [0.15, 0.2) is 61.2 Å². The van der Waals surface area contributed by atoms with Gasteiger partial charge in [-0.1, -0.05) is 54.6 Å². The van der Waals surface area contributed by atoms with Crippen molar-refractivity contribution in [2.75, 3.05) is 19.7 Å². The standard InChI is InChI=1S/C23H23NO4/c1-2-3-12-23(21(25)26)14-24(15-23)22(27)28-13-20-18-10-6-4-8-16(18)17-9-5-7-11-19(17)20/h2,4-11,20H,1,3,12-15H2,(H,25,26). The van der Waals surface area contributed by atoms with Gasteiger partial charge in [0.15, 0.2) is 0 Å². The quantitative estimate of drug-likeness (QED) is 0.763. The van der Waals surface area contributed by atoms with E-state index in [1.165, 1.54) is 16.0 Å². The summed E-state index contributed by atoms with van der Waals surface area (Å²) in [6.45, 7) is 4.27. The van der Waals surface area contributed by atoms with Crippen LogP contribution in [0, 0.1) is 5.41 Å². The number of aliphatic carboxylic acids is 1. The number of likely N-dealkylation sites (tertiary alicyclic amines) is 1. The Kier molecular flexibility index (Phi) is 4.67. The Hall–Kier alpha value is -3.08. The van der Waals surface area contributed by atoms with Gasteiger partial charge >= 0.3 is 12.1 Å². The van der Waals surface area contributed by atoms with Gasteiger partial charge in [-0.05, 0) is 35.1 Å². The number of carbonyl (C=O) groups is 2. The molecule has 1 aliphatic heterocycles. The number of rotatable bonds is 6. The van der Waals surface area contributed by atoms with E-state index < -0.39 is 17.5 Å². The van der Waals surface area contributed by atoms with Gasteiger partial charge in [-0.25, -0.2) is 4.79 Å². The molecule has 1 aliphatic carbocycles. The van der Waals surface area contributed by atoms with E-state index in [2.05, 4.69) is 30.8 Å². The van der Waals surface area contributed by atoms with Gasteiger partial charge in [-0.15, -0.1) is 6.58 Å². The number of ether oxygens (including phenoxy) is 1. The first-order valence-electron chi connectivity index (χ1n) is 9.50. The summed E-state index contributed by atoms with van der Waals surface area (Å²) in [4.78, 5) is 25.6. The molecule has 1 amide bonds. The molecule has 4 rings (SSSR count). The highest BCUT2D eigenvalue weighted by molar-refractivity contribution is 5.81. The van der Waals surface area contributed by atoms with Crippen LogP contribution >= 0.6 is 0 Å². The number of hydrogen-bond donors (Lipinski definition) is 1. The number of nitrogens with zero attached hydrogens (tertiary/aromatic N) is 1. The predicted molar refractivity (Wildman–Crippen MR) is 106 cm³/mol. The highest BCUT2D eigenvalue weighted by Crippen LogP contribution is 2.44. The number of fused-ring (bicyclic) bond motifs is 3. The second-order valence-corrected chi connectivity index (χ2v) is 7.57. The molecule has 0 radical (unpaired) electrons. The Labute approximate surface area is 164 Å². The lowest BCUT2D eigenvalue weighted by molar-refractivity contribution is -0.159. The molecule has 1 fully saturated rings. The highest BCUT2D eigenvalue weighted by Gasteiger charge is 2.51. The molecule has 2 aromatic rings. The summed E-state index contributed by atoms with van der Waals surface area (Å²) in [6, 6.07) is 16.3. The fourth-order valence-corrected chi connectivity index (χ4v) is 4.28.